The summed E-state index contributed by atoms with van der Waals surface area (Å²) in [4.78, 5) is 0. The van der Waals surface area contributed by atoms with Gasteiger partial charge in [-0.1, -0.05) is 24.3 Å². The van der Waals surface area contributed by atoms with E-state index in [0.29, 0.717) is 0 Å². The van der Waals surface area contributed by atoms with Crippen molar-refractivity contribution >= 4 is 0 Å². The molecule has 98 valence electrons. The molecule has 3 rings (SSSR count). The average Bonchev–Trinajstić information content (AvgIpc) is 3.24. The highest BCUT2D eigenvalue weighted by Crippen LogP contribution is 2.50. The number of benzene rings is 1. The van der Waals surface area contributed by atoms with Crippen LogP contribution in [-0.4, -0.2) is 16.7 Å². The quantitative estimate of drug-likeness (QED) is 0.837. The van der Waals surface area contributed by atoms with Crippen LogP contribution in [0.5, 0.6) is 0 Å². The number of aliphatic hydroxyl groups is 1. The summed E-state index contributed by atoms with van der Waals surface area (Å²) in [7, 11) is 0. The number of aryl methyl sites for hydroxylation is 1. The molecular formula is C16H23NO. The summed E-state index contributed by atoms with van der Waals surface area (Å²) < 4.78 is 0. The molecule has 2 aliphatic rings. The van der Waals surface area contributed by atoms with Crippen LogP contribution in [0, 0.1) is 0 Å². The van der Waals surface area contributed by atoms with Crippen molar-refractivity contribution in [3.8, 4) is 0 Å². The van der Waals surface area contributed by atoms with Crippen LogP contribution in [0.15, 0.2) is 24.3 Å². The third kappa shape index (κ3) is 2.19. The first-order valence-corrected chi connectivity index (χ1v) is 7.12. The van der Waals surface area contributed by atoms with Crippen molar-refractivity contribution in [2.75, 3.05) is 0 Å². The van der Waals surface area contributed by atoms with Crippen LogP contribution in [0.2, 0.25) is 0 Å². The largest absolute Gasteiger partial charge is 0.390 e. The second-order valence-corrected chi connectivity index (χ2v) is 6.37. The summed E-state index contributed by atoms with van der Waals surface area (Å²) >= 11 is 0. The van der Waals surface area contributed by atoms with Crippen LogP contribution in [-0.2, 0) is 11.8 Å². The van der Waals surface area contributed by atoms with Crippen LogP contribution < -0.4 is 5.73 Å². The van der Waals surface area contributed by atoms with Crippen molar-refractivity contribution in [1.29, 1.82) is 0 Å². The lowest BCUT2D eigenvalue weighted by atomic mass is 9.88. The third-order valence-electron chi connectivity index (χ3n) is 4.90. The molecule has 1 aromatic rings. The zero-order valence-electron chi connectivity index (χ0n) is 11.2. The van der Waals surface area contributed by atoms with Crippen molar-refractivity contribution in [1.82, 2.24) is 0 Å². The summed E-state index contributed by atoms with van der Waals surface area (Å²) in [6.07, 6.45) is 6.32. The summed E-state index contributed by atoms with van der Waals surface area (Å²) in [5.41, 5.74) is 8.75. The minimum atomic E-state index is -0.331. The molecule has 0 saturated heterocycles. The van der Waals surface area contributed by atoms with E-state index in [0.717, 1.165) is 25.7 Å². The topological polar surface area (TPSA) is 46.2 Å². The second-order valence-electron chi connectivity index (χ2n) is 6.37. The van der Waals surface area contributed by atoms with E-state index in [1.54, 1.807) is 0 Å². The van der Waals surface area contributed by atoms with Crippen molar-refractivity contribution in [3.63, 3.8) is 0 Å². The third-order valence-corrected chi connectivity index (χ3v) is 4.90. The predicted octanol–water partition coefficient (Wildman–Crippen LogP) is 2.52. The molecular weight excluding hydrogens is 222 g/mol. The zero-order valence-corrected chi connectivity index (χ0v) is 11.2. The van der Waals surface area contributed by atoms with Crippen LogP contribution in [0.4, 0.5) is 0 Å². The van der Waals surface area contributed by atoms with E-state index in [1.807, 2.05) is 0 Å². The first kappa shape index (κ1) is 12.2. The van der Waals surface area contributed by atoms with E-state index in [4.69, 9.17) is 5.73 Å². The fourth-order valence-electron chi connectivity index (χ4n) is 2.92. The van der Waals surface area contributed by atoms with Gasteiger partial charge in [0.15, 0.2) is 0 Å². The van der Waals surface area contributed by atoms with Gasteiger partial charge in [0.05, 0.1) is 5.60 Å². The second kappa shape index (κ2) is 4.07. The maximum Gasteiger partial charge on any atom is 0.0653 e. The smallest absolute Gasteiger partial charge is 0.0653 e. The first-order valence-electron chi connectivity index (χ1n) is 7.12. The molecule has 0 heterocycles. The van der Waals surface area contributed by atoms with Crippen molar-refractivity contribution in [3.05, 3.63) is 35.4 Å². The Bertz CT molecular complexity index is 427. The average molecular weight is 245 g/mol. The van der Waals surface area contributed by atoms with E-state index in [9.17, 15) is 5.11 Å². The molecule has 2 nitrogen and oxygen atoms in total. The Morgan fingerprint density at radius 1 is 1.17 bits per heavy atom. The predicted molar refractivity (Wildman–Crippen MR) is 73.5 cm³/mol. The molecule has 0 aliphatic heterocycles. The van der Waals surface area contributed by atoms with E-state index in [-0.39, 0.29) is 17.1 Å². The van der Waals surface area contributed by atoms with Gasteiger partial charge in [-0.05, 0) is 56.6 Å². The molecule has 0 spiro atoms. The van der Waals surface area contributed by atoms with Gasteiger partial charge in [-0.2, -0.15) is 0 Å². The Hall–Kier alpha value is -0.860. The maximum atomic E-state index is 9.84. The molecule has 2 aliphatic carbocycles. The highest BCUT2D eigenvalue weighted by molar-refractivity contribution is 5.35. The Morgan fingerprint density at radius 3 is 2.22 bits per heavy atom. The number of hydrogen-bond donors (Lipinski definition) is 2. The summed E-state index contributed by atoms with van der Waals surface area (Å²) in [5, 5.41) is 9.84. The van der Waals surface area contributed by atoms with Crippen LogP contribution in [0.25, 0.3) is 0 Å². The number of nitrogens with two attached hydrogens (primary N) is 1. The monoisotopic (exact) mass is 245 g/mol. The van der Waals surface area contributed by atoms with Crippen LogP contribution in [0.1, 0.15) is 50.2 Å². The van der Waals surface area contributed by atoms with Crippen molar-refractivity contribution in [2.24, 2.45) is 5.73 Å². The minimum Gasteiger partial charge on any atom is -0.390 e. The summed E-state index contributed by atoms with van der Waals surface area (Å²) in [5.74, 6) is 0. The zero-order chi connectivity index (χ0) is 12.8. The molecule has 1 atom stereocenters. The van der Waals surface area contributed by atoms with Crippen LogP contribution >= 0.6 is 0 Å². The maximum absolute atomic E-state index is 9.84. The standard InChI is InChI=1S/C16H23NO/c1-12(17)16(10-11-16)14-4-2-13(3-5-14)6-7-15(18)8-9-15/h2-5,12,18H,6-11,17H2,1H3. The fraction of sp³-hybridized carbons (Fsp3) is 0.625. The molecule has 18 heavy (non-hydrogen) atoms. The highest BCUT2D eigenvalue weighted by Gasteiger charge is 2.47. The molecule has 2 saturated carbocycles. The molecule has 1 unspecified atom stereocenters. The Kier molecular flexibility index (Phi) is 2.76. The van der Waals surface area contributed by atoms with E-state index < -0.39 is 0 Å². The molecule has 2 fully saturated rings. The molecule has 3 N–H and O–H groups in total. The van der Waals surface area contributed by atoms with Crippen molar-refractivity contribution in [2.45, 2.75) is 62.5 Å². The van der Waals surface area contributed by atoms with Gasteiger partial charge in [-0.15, -0.1) is 0 Å². The molecule has 0 bridgehead atoms. The highest BCUT2D eigenvalue weighted by atomic mass is 16.3. The Labute approximate surface area is 109 Å². The lowest BCUT2D eigenvalue weighted by Gasteiger charge is -2.20. The Balaban J connectivity index is 1.66. The summed E-state index contributed by atoms with van der Waals surface area (Å²) in [6.45, 7) is 2.11. The van der Waals surface area contributed by atoms with E-state index >= 15 is 0 Å². The first-order chi connectivity index (χ1) is 8.54. The molecule has 0 radical (unpaired) electrons. The van der Waals surface area contributed by atoms with Gasteiger partial charge >= 0.3 is 0 Å². The lowest BCUT2D eigenvalue weighted by Crippen LogP contribution is -2.31. The van der Waals surface area contributed by atoms with Gasteiger partial charge in [0, 0.05) is 11.5 Å². The SMILES string of the molecule is CC(N)C1(c2ccc(CCC3(O)CC3)cc2)CC1. The fourth-order valence-corrected chi connectivity index (χ4v) is 2.92. The minimum absolute atomic E-state index is 0.246. The normalized spacial score (nSPS) is 24.6. The van der Waals surface area contributed by atoms with Gasteiger partial charge in [0.25, 0.3) is 0 Å². The Morgan fingerprint density at radius 2 is 1.78 bits per heavy atom. The van der Waals surface area contributed by atoms with Gasteiger partial charge < -0.3 is 10.8 Å². The van der Waals surface area contributed by atoms with Crippen molar-refractivity contribution < 1.29 is 5.11 Å². The van der Waals surface area contributed by atoms with Gasteiger partial charge in [-0.25, -0.2) is 0 Å². The lowest BCUT2D eigenvalue weighted by molar-refractivity contribution is 0.140. The van der Waals surface area contributed by atoms with Gasteiger partial charge in [0.2, 0.25) is 0 Å². The summed E-state index contributed by atoms with van der Waals surface area (Å²) in [6, 6.07) is 9.15. The molecule has 0 amide bonds. The molecule has 2 heteroatoms. The van der Waals surface area contributed by atoms with Crippen LogP contribution in [0.3, 0.4) is 0 Å². The van der Waals surface area contributed by atoms with E-state index in [2.05, 4.69) is 31.2 Å². The number of rotatable bonds is 5. The number of hydrogen-bond acceptors (Lipinski definition) is 2. The molecule has 1 aromatic carbocycles. The van der Waals surface area contributed by atoms with Gasteiger partial charge in [-0.3, -0.25) is 0 Å². The molecule has 0 aromatic heterocycles. The van der Waals surface area contributed by atoms with Gasteiger partial charge in [0.1, 0.15) is 0 Å². The van der Waals surface area contributed by atoms with E-state index in [1.165, 1.54) is 24.0 Å².